The van der Waals surface area contributed by atoms with Crippen LogP contribution in [0.4, 0.5) is 0 Å². The number of rotatable bonds is 3. The zero-order valence-corrected chi connectivity index (χ0v) is 10.6. The van der Waals surface area contributed by atoms with Crippen molar-refractivity contribution in [3.63, 3.8) is 0 Å². The fourth-order valence-corrected chi connectivity index (χ4v) is 1.86. The predicted octanol–water partition coefficient (Wildman–Crippen LogP) is 1.87. The number of halogens is 1. The zero-order valence-electron chi connectivity index (χ0n) is 9.81. The standard InChI is InChI=1S/C12H17NO3.ClH/c1-2-16-11-5-3-4-9(12(11)14)10-8-15-7-6-13-10;/h3-5,10,13-14H,2,6-8H2,1H3;1H/t10-;/m0./s1. The van der Waals surface area contributed by atoms with Crippen molar-refractivity contribution >= 4 is 12.4 Å². The molecule has 4 nitrogen and oxygen atoms in total. The summed E-state index contributed by atoms with van der Waals surface area (Å²) in [4.78, 5) is 0. The minimum Gasteiger partial charge on any atom is -0.504 e. The summed E-state index contributed by atoms with van der Waals surface area (Å²) in [5.74, 6) is 0.750. The Balaban J connectivity index is 0.00000144. The summed E-state index contributed by atoms with van der Waals surface area (Å²) in [5, 5.41) is 13.4. The normalized spacial score (nSPS) is 19.5. The molecule has 2 rings (SSSR count). The lowest BCUT2D eigenvalue weighted by Crippen LogP contribution is -2.34. The van der Waals surface area contributed by atoms with Crippen molar-refractivity contribution < 1.29 is 14.6 Å². The quantitative estimate of drug-likeness (QED) is 0.870. The topological polar surface area (TPSA) is 50.7 Å². The summed E-state index contributed by atoms with van der Waals surface area (Å²) in [6, 6.07) is 5.60. The summed E-state index contributed by atoms with van der Waals surface area (Å²) in [5.41, 5.74) is 0.839. The predicted molar refractivity (Wildman–Crippen MR) is 68.1 cm³/mol. The lowest BCUT2D eigenvalue weighted by Gasteiger charge is -2.25. The molecule has 5 heteroatoms. The zero-order chi connectivity index (χ0) is 11.4. The van der Waals surface area contributed by atoms with Gasteiger partial charge in [-0.25, -0.2) is 0 Å². The van der Waals surface area contributed by atoms with Crippen LogP contribution in [0.15, 0.2) is 18.2 Å². The summed E-state index contributed by atoms with van der Waals surface area (Å²) in [6.45, 7) is 4.56. The monoisotopic (exact) mass is 259 g/mol. The Labute approximate surface area is 107 Å². The third-order valence-corrected chi connectivity index (χ3v) is 2.63. The number of benzene rings is 1. The van der Waals surface area contributed by atoms with E-state index in [2.05, 4.69) is 5.32 Å². The molecule has 0 saturated carbocycles. The number of aromatic hydroxyl groups is 1. The van der Waals surface area contributed by atoms with E-state index in [0.717, 1.165) is 18.7 Å². The van der Waals surface area contributed by atoms with Crippen LogP contribution < -0.4 is 10.1 Å². The first kappa shape index (κ1) is 14.1. The Morgan fingerprint density at radius 3 is 3.00 bits per heavy atom. The van der Waals surface area contributed by atoms with Crippen LogP contribution in [0.5, 0.6) is 11.5 Å². The lowest BCUT2D eigenvalue weighted by atomic mass is 10.1. The Bertz CT molecular complexity index is 354. The van der Waals surface area contributed by atoms with Crippen LogP contribution in [-0.4, -0.2) is 31.5 Å². The molecule has 1 aromatic carbocycles. The number of morpholine rings is 1. The van der Waals surface area contributed by atoms with E-state index in [9.17, 15) is 5.11 Å². The van der Waals surface area contributed by atoms with E-state index in [-0.39, 0.29) is 24.2 Å². The lowest BCUT2D eigenvalue weighted by molar-refractivity contribution is 0.0759. The van der Waals surface area contributed by atoms with Crippen LogP contribution in [0, 0.1) is 0 Å². The fraction of sp³-hybridized carbons (Fsp3) is 0.500. The van der Waals surface area contributed by atoms with Gasteiger partial charge in [0.25, 0.3) is 0 Å². The largest absolute Gasteiger partial charge is 0.504 e. The van der Waals surface area contributed by atoms with Crippen LogP contribution in [-0.2, 0) is 4.74 Å². The van der Waals surface area contributed by atoms with Gasteiger partial charge in [0.15, 0.2) is 11.5 Å². The van der Waals surface area contributed by atoms with Crippen LogP contribution in [0.25, 0.3) is 0 Å². The number of hydrogen-bond donors (Lipinski definition) is 2. The molecule has 0 bridgehead atoms. The average molecular weight is 260 g/mol. The second kappa shape index (κ2) is 6.69. The summed E-state index contributed by atoms with van der Waals surface area (Å²) >= 11 is 0. The Morgan fingerprint density at radius 1 is 1.53 bits per heavy atom. The second-order valence-corrected chi connectivity index (χ2v) is 3.71. The molecule has 1 aliphatic rings. The van der Waals surface area contributed by atoms with Gasteiger partial charge in [-0.15, -0.1) is 12.4 Å². The Hall–Kier alpha value is -0.970. The molecule has 1 saturated heterocycles. The molecule has 0 radical (unpaired) electrons. The van der Waals surface area contributed by atoms with E-state index < -0.39 is 0 Å². The number of phenols is 1. The van der Waals surface area contributed by atoms with E-state index in [0.29, 0.717) is 19.0 Å². The number of para-hydroxylation sites is 1. The van der Waals surface area contributed by atoms with Gasteiger partial charge in [0, 0.05) is 12.1 Å². The van der Waals surface area contributed by atoms with Gasteiger partial charge in [0.05, 0.1) is 25.9 Å². The smallest absolute Gasteiger partial charge is 0.162 e. The number of nitrogens with one attached hydrogen (secondary N) is 1. The SMILES string of the molecule is CCOc1cccc([C@@H]2COCCN2)c1O.Cl. The average Bonchev–Trinajstić information content (AvgIpc) is 2.33. The van der Waals surface area contributed by atoms with Crippen molar-refractivity contribution in [2.24, 2.45) is 0 Å². The molecule has 96 valence electrons. The first-order valence-electron chi connectivity index (χ1n) is 5.58. The minimum atomic E-state index is 0. The molecular formula is C12H18ClNO3. The van der Waals surface area contributed by atoms with E-state index in [1.54, 1.807) is 6.07 Å². The van der Waals surface area contributed by atoms with E-state index in [1.165, 1.54) is 0 Å². The summed E-state index contributed by atoms with van der Waals surface area (Å²) < 4.78 is 10.7. The van der Waals surface area contributed by atoms with Gasteiger partial charge >= 0.3 is 0 Å². The van der Waals surface area contributed by atoms with Crippen molar-refractivity contribution in [3.05, 3.63) is 23.8 Å². The highest BCUT2D eigenvalue weighted by Gasteiger charge is 2.20. The van der Waals surface area contributed by atoms with Gasteiger partial charge in [0.1, 0.15) is 0 Å². The van der Waals surface area contributed by atoms with Crippen molar-refractivity contribution in [2.45, 2.75) is 13.0 Å². The molecule has 17 heavy (non-hydrogen) atoms. The molecule has 0 aliphatic carbocycles. The van der Waals surface area contributed by atoms with Crippen molar-refractivity contribution in [1.29, 1.82) is 0 Å². The van der Waals surface area contributed by atoms with Gasteiger partial charge in [-0.2, -0.15) is 0 Å². The molecule has 2 N–H and O–H groups in total. The van der Waals surface area contributed by atoms with Crippen molar-refractivity contribution in [1.82, 2.24) is 5.32 Å². The van der Waals surface area contributed by atoms with Crippen molar-refractivity contribution in [2.75, 3.05) is 26.4 Å². The van der Waals surface area contributed by atoms with E-state index in [1.807, 2.05) is 19.1 Å². The maximum atomic E-state index is 10.1. The molecule has 0 aromatic heterocycles. The van der Waals surface area contributed by atoms with Gasteiger partial charge in [-0.1, -0.05) is 12.1 Å². The van der Waals surface area contributed by atoms with E-state index >= 15 is 0 Å². The summed E-state index contributed by atoms with van der Waals surface area (Å²) in [6.07, 6.45) is 0. The number of ether oxygens (including phenoxy) is 2. The number of phenolic OH excluding ortho intramolecular Hbond substituents is 1. The third-order valence-electron chi connectivity index (χ3n) is 2.63. The van der Waals surface area contributed by atoms with Gasteiger partial charge in [0.2, 0.25) is 0 Å². The molecule has 1 atom stereocenters. The van der Waals surface area contributed by atoms with Crippen LogP contribution >= 0.6 is 12.4 Å². The Morgan fingerprint density at radius 2 is 2.35 bits per heavy atom. The minimum absolute atomic E-state index is 0. The molecule has 0 unspecified atom stereocenters. The molecule has 0 spiro atoms. The first-order chi connectivity index (χ1) is 7.83. The summed E-state index contributed by atoms with van der Waals surface area (Å²) in [7, 11) is 0. The van der Waals surface area contributed by atoms with Crippen LogP contribution in [0.3, 0.4) is 0 Å². The molecule has 1 aromatic rings. The maximum Gasteiger partial charge on any atom is 0.162 e. The highest BCUT2D eigenvalue weighted by atomic mass is 35.5. The molecule has 1 heterocycles. The fourth-order valence-electron chi connectivity index (χ4n) is 1.86. The third kappa shape index (κ3) is 3.25. The second-order valence-electron chi connectivity index (χ2n) is 3.71. The van der Waals surface area contributed by atoms with Gasteiger partial charge in [-0.05, 0) is 13.0 Å². The molecule has 1 fully saturated rings. The molecule has 1 aliphatic heterocycles. The van der Waals surface area contributed by atoms with E-state index in [4.69, 9.17) is 9.47 Å². The highest BCUT2D eigenvalue weighted by Crippen LogP contribution is 2.34. The van der Waals surface area contributed by atoms with Gasteiger partial charge in [-0.3, -0.25) is 0 Å². The van der Waals surface area contributed by atoms with Crippen LogP contribution in [0.1, 0.15) is 18.5 Å². The van der Waals surface area contributed by atoms with Crippen molar-refractivity contribution in [3.8, 4) is 11.5 Å². The maximum absolute atomic E-state index is 10.1. The Kier molecular flexibility index (Phi) is 5.55. The first-order valence-corrected chi connectivity index (χ1v) is 5.58. The number of hydrogen-bond acceptors (Lipinski definition) is 4. The highest BCUT2D eigenvalue weighted by molar-refractivity contribution is 5.85. The molecule has 0 amide bonds. The van der Waals surface area contributed by atoms with Crippen LogP contribution in [0.2, 0.25) is 0 Å². The van der Waals surface area contributed by atoms with Gasteiger partial charge < -0.3 is 19.9 Å². The molecular weight excluding hydrogens is 242 g/mol.